The number of piperidine rings is 1. The Morgan fingerprint density at radius 3 is 1.72 bits per heavy atom. The lowest BCUT2D eigenvalue weighted by molar-refractivity contribution is -0.161. The van der Waals surface area contributed by atoms with Gasteiger partial charge in [-0.3, -0.25) is 9.69 Å². The molecule has 3 aromatic carbocycles. The summed E-state index contributed by atoms with van der Waals surface area (Å²) in [6.07, 6.45) is -0.266. The lowest BCUT2D eigenvalue weighted by Crippen LogP contribution is -2.54. The van der Waals surface area contributed by atoms with E-state index in [1.54, 1.807) is 20.8 Å². The third-order valence-corrected chi connectivity index (χ3v) is 6.53. The fraction of sp³-hybridized carbons (Fsp3) is 0.344. The van der Waals surface area contributed by atoms with Crippen molar-refractivity contribution < 1.29 is 28.6 Å². The minimum absolute atomic E-state index is 0.0530. The molecule has 0 radical (unpaired) electrons. The minimum atomic E-state index is -1.03. The molecular formula is C32H35NO6. The summed E-state index contributed by atoms with van der Waals surface area (Å²) in [4.78, 5) is 41.8. The quantitative estimate of drug-likeness (QED) is 0.267. The van der Waals surface area contributed by atoms with E-state index < -0.39 is 41.6 Å². The summed E-state index contributed by atoms with van der Waals surface area (Å²) in [5.74, 6) is -1.62. The number of carbonyl (C=O) groups excluding carboxylic acids is 3. The zero-order chi connectivity index (χ0) is 27.8. The van der Waals surface area contributed by atoms with E-state index in [-0.39, 0.29) is 19.6 Å². The van der Waals surface area contributed by atoms with Gasteiger partial charge in [-0.25, -0.2) is 9.59 Å². The summed E-state index contributed by atoms with van der Waals surface area (Å²) in [5.41, 5.74) is 1.71. The van der Waals surface area contributed by atoms with E-state index in [0.29, 0.717) is 6.42 Å². The van der Waals surface area contributed by atoms with Crippen molar-refractivity contribution >= 4 is 18.0 Å². The van der Waals surface area contributed by atoms with Crippen LogP contribution in [0.4, 0.5) is 4.79 Å². The Kier molecular flexibility index (Phi) is 9.02. The molecule has 1 aliphatic rings. The molecule has 39 heavy (non-hydrogen) atoms. The summed E-state index contributed by atoms with van der Waals surface area (Å²) in [7, 11) is 0. The SMILES string of the molecule is CC(C)(C)OC(=O)N1[C@@H](C(=O)OCc2ccccc2)C[C@H](C(=O)OCc2ccccc2)C[C@H]1c1ccccc1. The normalized spacial score (nSPS) is 19.2. The Bertz CT molecular complexity index is 1240. The van der Waals surface area contributed by atoms with Crippen LogP contribution in [-0.2, 0) is 37.0 Å². The first-order valence-electron chi connectivity index (χ1n) is 13.2. The summed E-state index contributed by atoms with van der Waals surface area (Å²) >= 11 is 0. The summed E-state index contributed by atoms with van der Waals surface area (Å²) in [6.45, 7) is 5.51. The molecule has 1 heterocycles. The van der Waals surface area contributed by atoms with Crippen molar-refractivity contribution in [2.45, 2.75) is 64.5 Å². The van der Waals surface area contributed by atoms with Crippen LogP contribution in [0.3, 0.4) is 0 Å². The number of benzene rings is 3. The minimum Gasteiger partial charge on any atom is -0.461 e. The van der Waals surface area contributed by atoms with Crippen LogP contribution in [-0.4, -0.2) is 34.6 Å². The van der Waals surface area contributed by atoms with E-state index in [0.717, 1.165) is 16.7 Å². The average Bonchev–Trinajstić information content (AvgIpc) is 2.94. The molecule has 3 aromatic rings. The molecule has 0 saturated carbocycles. The Hall–Kier alpha value is -4.13. The second-order valence-electron chi connectivity index (χ2n) is 10.7. The molecule has 1 aliphatic heterocycles. The summed E-state index contributed by atoms with van der Waals surface area (Å²) in [5, 5.41) is 0. The standard InChI is InChI=1S/C32H35NO6/c1-32(2,3)39-31(36)33-27(25-17-11-6-12-18-25)19-26(29(34)37-21-23-13-7-4-8-14-23)20-28(33)30(35)38-22-24-15-9-5-10-16-24/h4-18,26-28H,19-22H2,1-3H3/t26-,27+,28-/m1/s1. The third-order valence-electron chi connectivity index (χ3n) is 6.53. The molecule has 0 aromatic heterocycles. The number of esters is 2. The van der Waals surface area contributed by atoms with Crippen LogP contribution in [0.5, 0.6) is 0 Å². The van der Waals surface area contributed by atoms with Crippen molar-refractivity contribution in [3.05, 3.63) is 108 Å². The van der Waals surface area contributed by atoms with Gasteiger partial charge >= 0.3 is 18.0 Å². The Morgan fingerprint density at radius 1 is 0.718 bits per heavy atom. The lowest BCUT2D eigenvalue weighted by Gasteiger charge is -2.43. The number of ether oxygens (including phenoxy) is 3. The average molecular weight is 530 g/mol. The van der Waals surface area contributed by atoms with Gasteiger partial charge in [0.2, 0.25) is 0 Å². The van der Waals surface area contributed by atoms with Crippen LogP contribution in [0.25, 0.3) is 0 Å². The highest BCUT2D eigenvalue weighted by Gasteiger charge is 2.47. The van der Waals surface area contributed by atoms with Gasteiger partial charge in [0, 0.05) is 0 Å². The van der Waals surface area contributed by atoms with Gasteiger partial charge in [-0.2, -0.15) is 0 Å². The fourth-order valence-corrected chi connectivity index (χ4v) is 4.69. The van der Waals surface area contributed by atoms with Crippen LogP contribution in [0.2, 0.25) is 0 Å². The van der Waals surface area contributed by atoms with Gasteiger partial charge in [0.25, 0.3) is 0 Å². The number of likely N-dealkylation sites (tertiary alicyclic amines) is 1. The smallest absolute Gasteiger partial charge is 0.411 e. The molecular weight excluding hydrogens is 494 g/mol. The van der Waals surface area contributed by atoms with Crippen molar-refractivity contribution in [1.29, 1.82) is 0 Å². The zero-order valence-electron chi connectivity index (χ0n) is 22.6. The van der Waals surface area contributed by atoms with E-state index in [1.807, 2.05) is 91.0 Å². The van der Waals surface area contributed by atoms with Crippen molar-refractivity contribution in [2.75, 3.05) is 0 Å². The molecule has 1 amide bonds. The monoisotopic (exact) mass is 529 g/mol. The second-order valence-corrected chi connectivity index (χ2v) is 10.7. The Balaban J connectivity index is 1.62. The predicted octanol–water partition coefficient (Wildman–Crippen LogP) is 6.23. The van der Waals surface area contributed by atoms with Crippen LogP contribution in [0.1, 0.15) is 56.3 Å². The van der Waals surface area contributed by atoms with E-state index in [2.05, 4.69) is 0 Å². The number of hydrogen-bond donors (Lipinski definition) is 0. The van der Waals surface area contributed by atoms with Gasteiger partial charge in [-0.1, -0.05) is 91.0 Å². The van der Waals surface area contributed by atoms with Crippen molar-refractivity contribution in [2.24, 2.45) is 5.92 Å². The largest absolute Gasteiger partial charge is 0.461 e. The first-order chi connectivity index (χ1) is 18.7. The molecule has 1 saturated heterocycles. The summed E-state index contributed by atoms with van der Waals surface area (Å²) in [6, 6.07) is 26.5. The number of hydrogen-bond acceptors (Lipinski definition) is 6. The molecule has 4 rings (SSSR count). The molecule has 7 nitrogen and oxygen atoms in total. The van der Waals surface area contributed by atoms with Gasteiger partial charge in [0.05, 0.1) is 12.0 Å². The first kappa shape index (κ1) is 27.9. The van der Waals surface area contributed by atoms with E-state index >= 15 is 0 Å². The highest BCUT2D eigenvalue weighted by atomic mass is 16.6. The zero-order valence-corrected chi connectivity index (χ0v) is 22.6. The second kappa shape index (κ2) is 12.6. The molecule has 0 spiro atoms. The van der Waals surface area contributed by atoms with E-state index in [9.17, 15) is 14.4 Å². The lowest BCUT2D eigenvalue weighted by atomic mass is 9.83. The highest BCUT2D eigenvalue weighted by molar-refractivity contribution is 5.84. The first-order valence-corrected chi connectivity index (χ1v) is 13.2. The molecule has 1 fully saturated rings. The fourth-order valence-electron chi connectivity index (χ4n) is 4.69. The molecule has 0 N–H and O–H groups in total. The molecule has 0 bridgehead atoms. The van der Waals surface area contributed by atoms with Gasteiger partial charge in [-0.05, 0) is 50.3 Å². The maximum atomic E-state index is 13.6. The van der Waals surface area contributed by atoms with Gasteiger partial charge in [-0.15, -0.1) is 0 Å². The predicted molar refractivity (Wildman–Crippen MR) is 146 cm³/mol. The van der Waals surface area contributed by atoms with Crippen molar-refractivity contribution in [1.82, 2.24) is 4.90 Å². The number of carbonyl (C=O) groups is 3. The van der Waals surface area contributed by atoms with Crippen LogP contribution in [0.15, 0.2) is 91.0 Å². The Morgan fingerprint density at radius 2 is 1.21 bits per heavy atom. The number of amides is 1. The molecule has 7 heteroatoms. The van der Waals surface area contributed by atoms with E-state index in [1.165, 1.54) is 4.90 Å². The number of rotatable bonds is 7. The van der Waals surface area contributed by atoms with Gasteiger partial charge in [0.1, 0.15) is 24.9 Å². The molecule has 3 atom stereocenters. The third kappa shape index (κ3) is 7.69. The molecule has 204 valence electrons. The molecule has 0 aliphatic carbocycles. The van der Waals surface area contributed by atoms with Crippen LogP contribution < -0.4 is 0 Å². The van der Waals surface area contributed by atoms with Gasteiger partial charge in [0.15, 0.2) is 0 Å². The maximum Gasteiger partial charge on any atom is 0.411 e. The van der Waals surface area contributed by atoms with Crippen molar-refractivity contribution in [3.63, 3.8) is 0 Å². The highest BCUT2D eigenvalue weighted by Crippen LogP contribution is 2.40. The summed E-state index contributed by atoms with van der Waals surface area (Å²) < 4.78 is 17.1. The Labute approximate surface area is 229 Å². The topological polar surface area (TPSA) is 82.1 Å². The maximum absolute atomic E-state index is 13.6. The molecule has 0 unspecified atom stereocenters. The van der Waals surface area contributed by atoms with Crippen LogP contribution >= 0.6 is 0 Å². The van der Waals surface area contributed by atoms with E-state index in [4.69, 9.17) is 14.2 Å². The number of nitrogens with zero attached hydrogens (tertiary/aromatic N) is 1. The van der Waals surface area contributed by atoms with Crippen LogP contribution in [0, 0.1) is 5.92 Å². The van der Waals surface area contributed by atoms with Gasteiger partial charge < -0.3 is 14.2 Å². The van der Waals surface area contributed by atoms with Crippen molar-refractivity contribution in [3.8, 4) is 0 Å².